The number of aryl methyl sites for hydroxylation is 1. The van der Waals surface area contributed by atoms with Crippen molar-refractivity contribution < 1.29 is 9.18 Å². The summed E-state index contributed by atoms with van der Waals surface area (Å²) in [5, 5.41) is 6.96. The molecule has 3 aromatic heterocycles. The number of hydrogen-bond acceptors (Lipinski definition) is 5. The molecule has 29 heavy (non-hydrogen) atoms. The van der Waals surface area contributed by atoms with E-state index in [1.165, 1.54) is 16.5 Å². The molecule has 9 heteroatoms. The molecule has 0 saturated carbocycles. The molecule has 0 spiro atoms. The second kappa shape index (κ2) is 7.63. The highest BCUT2D eigenvalue weighted by atomic mass is 19.1. The van der Waals surface area contributed by atoms with Crippen LogP contribution in [-0.2, 0) is 17.9 Å². The summed E-state index contributed by atoms with van der Waals surface area (Å²) in [6.07, 6.45) is 3.32. The van der Waals surface area contributed by atoms with Crippen LogP contribution in [0.25, 0.3) is 16.9 Å². The van der Waals surface area contributed by atoms with Gasteiger partial charge in [0.15, 0.2) is 5.65 Å². The average molecular weight is 392 g/mol. The van der Waals surface area contributed by atoms with E-state index in [1.807, 2.05) is 12.1 Å². The van der Waals surface area contributed by atoms with Gasteiger partial charge in [0, 0.05) is 30.6 Å². The van der Waals surface area contributed by atoms with Crippen LogP contribution in [0.5, 0.6) is 0 Å². The standard InChI is InChI=1S/C20H17FN6O2/c1-13-24-17(15-6-8-22-9-7-15)10-18-25-26(20(29)27(13)18)12-19(28)23-11-14-2-4-16(21)5-3-14/h2-10H,11-12H2,1H3,(H,23,28). The Morgan fingerprint density at radius 2 is 1.86 bits per heavy atom. The van der Waals surface area contributed by atoms with Crippen LogP contribution < -0.4 is 11.0 Å². The summed E-state index contributed by atoms with van der Waals surface area (Å²) in [5.74, 6) is -0.247. The van der Waals surface area contributed by atoms with Crippen molar-refractivity contribution in [2.45, 2.75) is 20.0 Å². The third kappa shape index (κ3) is 3.88. The van der Waals surface area contributed by atoms with Gasteiger partial charge in [0.2, 0.25) is 5.91 Å². The van der Waals surface area contributed by atoms with Gasteiger partial charge < -0.3 is 5.32 Å². The molecule has 1 aromatic carbocycles. The zero-order chi connectivity index (χ0) is 20.4. The maximum Gasteiger partial charge on any atom is 0.352 e. The number of benzene rings is 1. The Balaban J connectivity index is 1.55. The molecule has 146 valence electrons. The number of amides is 1. The topological polar surface area (TPSA) is 94.2 Å². The van der Waals surface area contributed by atoms with E-state index in [1.54, 1.807) is 37.5 Å². The molecule has 0 aliphatic rings. The highest BCUT2D eigenvalue weighted by molar-refractivity contribution is 5.75. The monoisotopic (exact) mass is 392 g/mol. The minimum absolute atomic E-state index is 0.230. The fourth-order valence-corrected chi connectivity index (χ4v) is 2.97. The van der Waals surface area contributed by atoms with Crippen LogP contribution in [0.15, 0.2) is 59.7 Å². The van der Waals surface area contributed by atoms with Crippen LogP contribution in [0, 0.1) is 12.7 Å². The second-order valence-corrected chi connectivity index (χ2v) is 6.46. The number of aromatic nitrogens is 5. The molecular weight excluding hydrogens is 375 g/mol. The first-order valence-electron chi connectivity index (χ1n) is 8.90. The van der Waals surface area contributed by atoms with E-state index in [9.17, 15) is 14.0 Å². The van der Waals surface area contributed by atoms with Crippen LogP contribution >= 0.6 is 0 Å². The molecule has 0 saturated heterocycles. The normalized spacial score (nSPS) is 11.0. The molecule has 1 N–H and O–H groups in total. The summed E-state index contributed by atoms with van der Waals surface area (Å²) in [5.41, 5.74) is 2.23. The highest BCUT2D eigenvalue weighted by Gasteiger charge is 2.14. The number of fused-ring (bicyclic) bond motifs is 1. The molecule has 0 radical (unpaired) electrons. The fourth-order valence-electron chi connectivity index (χ4n) is 2.97. The smallest absolute Gasteiger partial charge is 0.350 e. The van der Waals surface area contributed by atoms with Crippen molar-refractivity contribution in [2.24, 2.45) is 0 Å². The zero-order valence-corrected chi connectivity index (χ0v) is 15.5. The third-order valence-corrected chi connectivity index (χ3v) is 4.41. The number of hydrogen-bond donors (Lipinski definition) is 1. The lowest BCUT2D eigenvalue weighted by Crippen LogP contribution is -2.32. The summed E-state index contributed by atoms with van der Waals surface area (Å²) in [4.78, 5) is 33.3. The predicted molar refractivity (Wildman–Crippen MR) is 103 cm³/mol. The van der Waals surface area contributed by atoms with Crippen LogP contribution in [0.3, 0.4) is 0 Å². The lowest BCUT2D eigenvalue weighted by molar-refractivity contribution is -0.122. The predicted octanol–water partition coefficient (Wildman–Crippen LogP) is 1.72. The number of nitrogens with one attached hydrogen (secondary N) is 1. The number of pyridine rings is 1. The van der Waals surface area contributed by atoms with E-state index < -0.39 is 5.69 Å². The van der Waals surface area contributed by atoms with Gasteiger partial charge in [-0.05, 0) is 36.8 Å². The van der Waals surface area contributed by atoms with E-state index in [0.717, 1.165) is 15.8 Å². The van der Waals surface area contributed by atoms with E-state index >= 15 is 0 Å². The Morgan fingerprint density at radius 1 is 1.14 bits per heavy atom. The Bertz CT molecular complexity index is 1230. The summed E-state index contributed by atoms with van der Waals surface area (Å²) in [6, 6.07) is 11.1. The van der Waals surface area contributed by atoms with E-state index in [0.29, 0.717) is 17.2 Å². The number of rotatable bonds is 5. The summed E-state index contributed by atoms with van der Waals surface area (Å²) < 4.78 is 15.4. The zero-order valence-electron chi connectivity index (χ0n) is 15.5. The Labute approximate surface area is 164 Å². The lowest BCUT2D eigenvalue weighted by atomic mass is 10.2. The Hall–Kier alpha value is -3.88. The van der Waals surface area contributed by atoms with Gasteiger partial charge in [-0.15, -0.1) is 5.10 Å². The first-order chi connectivity index (χ1) is 14.0. The molecule has 1 amide bonds. The minimum atomic E-state index is -0.441. The van der Waals surface area contributed by atoms with Crippen LogP contribution in [-0.4, -0.2) is 30.1 Å². The van der Waals surface area contributed by atoms with Crippen molar-refractivity contribution in [3.8, 4) is 11.3 Å². The van der Waals surface area contributed by atoms with Gasteiger partial charge in [-0.25, -0.2) is 23.3 Å². The van der Waals surface area contributed by atoms with Gasteiger partial charge >= 0.3 is 5.69 Å². The van der Waals surface area contributed by atoms with Gasteiger partial charge in [0.25, 0.3) is 0 Å². The lowest BCUT2D eigenvalue weighted by Gasteiger charge is -2.04. The van der Waals surface area contributed by atoms with Crippen molar-refractivity contribution in [1.29, 1.82) is 0 Å². The number of halogens is 1. The molecule has 0 atom stereocenters. The van der Waals surface area contributed by atoms with E-state index in [4.69, 9.17) is 0 Å². The molecule has 4 rings (SSSR count). The van der Waals surface area contributed by atoms with Gasteiger partial charge in [-0.1, -0.05) is 12.1 Å². The first kappa shape index (κ1) is 18.5. The van der Waals surface area contributed by atoms with E-state index in [2.05, 4.69) is 20.4 Å². The molecule has 8 nitrogen and oxygen atoms in total. The van der Waals surface area contributed by atoms with Crippen LogP contribution in [0.2, 0.25) is 0 Å². The Morgan fingerprint density at radius 3 is 2.59 bits per heavy atom. The highest BCUT2D eigenvalue weighted by Crippen LogP contribution is 2.17. The molecule has 0 aliphatic carbocycles. The summed E-state index contributed by atoms with van der Waals surface area (Å²) in [7, 11) is 0. The third-order valence-electron chi connectivity index (χ3n) is 4.41. The Kier molecular flexibility index (Phi) is 4.86. The van der Waals surface area contributed by atoms with Gasteiger partial charge in [-0.2, -0.15) is 0 Å². The van der Waals surface area contributed by atoms with Crippen molar-refractivity contribution in [2.75, 3.05) is 0 Å². The van der Waals surface area contributed by atoms with Crippen molar-refractivity contribution >= 4 is 11.6 Å². The molecule has 0 aliphatic heterocycles. The molecular formula is C20H17FN6O2. The first-order valence-corrected chi connectivity index (χ1v) is 8.90. The number of carbonyl (C=O) groups excluding carboxylic acids is 1. The quantitative estimate of drug-likeness (QED) is 0.558. The van der Waals surface area contributed by atoms with Crippen molar-refractivity contribution in [3.05, 3.63) is 82.5 Å². The number of nitrogens with zero attached hydrogens (tertiary/aromatic N) is 5. The minimum Gasteiger partial charge on any atom is -0.350 e. The second-order valence-electron chi connectivity index (χ2n) is 6.46. The van der Waals surface area contributed by atoms with Crippen molar-refractivity contribution in [3.63, 3.8) is 0 Å². The SMILES string of the molecule is Cc1nc(-c2ccncc2)cc2nn(CC(=O)NCc3ccc(F)cc3)c(=O)n12. The fraction of sp³-hybridized carbons (Fsp3) is 0.150. The molecule has 3 heterocycles. The van der Waals surface area contributed by atoms with Crippen LogP contribution in [0.1, 0.15) is 11.4 Å². The molecule has 0 fully saturated rings. The number of carbonyl (C=O) groups is 1. The molecule has 4 aromatic rings. The van der Waals surface area contributed by atoms with Gasteiger partial charge in [0.05, 0.1) is 5.69 Å². The summed E-state index contributed by atoms with van der Waals surface area (Å²) >= 11 is 0. The maximum atomic E-state index is 12.9. The van der Waals surface area contributed by atoms with Crippen molar-refractivity contribution in [1.82, 2.24) is 29.5 Å². The largest absolute Gasteiger partial charge is 0.352 e. The summed E-state index contributed by atoms with van der Waals surface area (Å²) in [6.45, 7) is 1.71. The van der Waals surface area contributed by atoms with Gasteiger partial charge in [0.1, 0.15) is 18.2 Å². The average Bonchev–Trinajstić information content (AvgIpc) is 3.04. The van der Waals surface area contributed by atoms with Gasteiger partial charge in [-0.3, -0.25) is 9.78 Å². The van der Waals surface area contributed by atoms with E-state index in [-0.39, 0.29) is 24.8 Å². The molecule has 0 unspecified atom stereocenters. The molecule has 0 bridgehead atoms. The van der Waals surface area contributed by atoms with Crippen LogP contribution in [0.4, 0.5) is 4.39 Å². The maximum absolute atomic E-state index is 12.9.